The lowest BCUT2D eigenvalue weighted by Gasteiger charge is -2.41. The molecule has 0 unspecified atom stereocenters. The van der Waals surface area contributed by atoms with Gasteiger partial charge in [0.25, 0.3) is 0 Å². The maximum atomic E-state index is 15.4. The SMILES string of the molecule is CNc1nc(N[C@@H]2CCN(C(C)=O)C[C@]2(C)F)nn2ccc(-c3ccc4nc(C)n(CCF)c4n3)c12. The van der Waals surface area contributed by atoms with Crippen LogP contribution in [0.5, 0.6) is 0 Å². The molecule has 0 aromatic carbocycles. The zero-order valence-electron chi connectivity index (χ0n) is 20.7. The largest absolute Gasteiger partial charge is 0.371 e. The molecule has 1 aliphatic rings. The van der Waals surface area contributed by atoms with Gasteiger partial charge >= 0.3 is 0 Å². The van der Waals surface area contributed by atoms with Crippen molar-refractivity contribution in [3.8, 4) is 11.3 Å². The van der Waals surface area contributed by atoms with Crippen molar-refractivity contribution in [2.75, 3.05) is 37.4 Å². The van der Waals surface area contributed by atoms with Crippen LogP contribution in [0.3, 0.4) is 0 Å². The quantitative estimate of drug-likeness (QED) is 0.421. The number of hydrogen-bond donors (Lipinski definition) is 2. The van der Waals surface area contributed by atoms with Crippen molar-refractivity contribution in [2.24, 2.45) is 0 Å². The van der Waals surface area contributed by atoms with E-state index in [1.165, 1.54) is 18.7 Å². The summed E-state index contributed by atoms with van der Waals surface area (Å²) in [6.45, 7) is 4.93. The first-order valence-electron chi connectivity index (χ1n) is 11.9. The number of amides is 1. The number of carbonyl (C=O) groups excluding carboxylic acids is 1. The van der Waals surface area contributed by atoms with Crippen LogP contribution in [0.4, 0.5) is 20.5 Å². The van der Waals surface area contributed by atoms with E-state index in [-0.39, 0.29) is 24.9 Å². The number of aryl methyl sites for hydroxylation is 2. The van der Waals surface area contributed by atoms with Crippen molar-refractivity contribution < 1.29 is 13.6 Å². The number of nitrogens with one attached hydrogen (secondary N) is 2. The zero-order chi connectivity index (χ0) is 25.6. The zero-order valence-corrected chi connectivity index (χ0v) is 20.7. The highest BCUT2D eigenvalue weighted by atomic mass is 19.1. The lowest BCUT2D eigenvalue weighted by Crippen LogP contribution is -2.56. The Hall–Kier alpha value is -3.83. The Balaban J connectivity index is 1.50. The van der Waals surface area contributed by atoms with Crippen LogP contribution in [0.2, 0.25) is 0 Å². The summed E-state index contributed by atoms with van der Waals surface area (Å²) in [5.74, 6) is 1.39. The smallest absolute Gasteiger partial charge is 0.243 e. The molecule has 5 heterocycles. The first-order chi connectivity index (χ1) is 17.2. The molecule has 0 radical (unpaired) electrons. The van der Waals surface area contributed by atoms with Gasteiger partial charge in [-0.2, -0.15) is 4.98 Å². The first kappa shape index (κ1) is 23.9. The number of alkyl halides is 2. The minimum atomic E-state index is -1.64. The molecule has 36 heavy (non-hydrogen) atoms. The first-order valence-corrected chi connectivity index (χ1v) is 11.9. The lowest BCUT2D eigenvalue weighted by molar-refractivity contribution is -0.132. The van der Waals surface area contributed by atoms with Gasteiger partial charge in [-0.1, -0.05) is 0 Å². The Morgan fingerprint density at radius 3 is 2.75 bits per heavy atom. The molecule has 4 aromatic heterocycles. The maximum Gasteiger partial charge on any atom is 0.243 e. The fraction of sp³-hybridized carbons (Fsp3) is 0.458. The molecule has 2 N–H and O–H groups in total. The summed E-state index contributed by atoms with van der Waals surface area (Å²) in [6.07, 6.45) is 2.23. The van der Waals surface area contributed by atoms with E-state index in [0.717, 1.165) is 5.56 Å². The second-order valence-electron chi connectivity index (χ2n) is 9.30. The van der Waals surface area contributed by atoms with Gasteiger partial charge in [-0.25, -0.2) is 23.3 Å². The number of carbonyl (C=O) groups is 1. The summed E-state index contributed by atoms with van der Waals surface area (Å²) in [4.78, 5) is 27.1. The number of halogens is 2. The highest BCUT2D eigenvalue weighted by Gasteiger charge is 2.41. The summed E-state index contributed by atoms with van der Waals surface area (Å²) < 4.78 is 31.9. The Kier molecular flexibility index (Phi) is 5.97. The molecule has 0 spiro atoms. The van der Waals surface area contributed by atoms with Gasteiger partial charge in [-0.15, -0.1) is 5.10 Å². The van der Waals surface area contributed by atoms with E-state index in [0.29, 0.717) is 47.0 Å². The van der Waals surface area contributed by atoms with Crippen LogP contribution >= 0.6 is 0 Å². The van der Waals surface area contributed by atoms with Gasteiger partial charge in [-0.05, 0) is 38.5 Å². The molecule has 4 aromatic rings. The summed E-state index contributed by atoms with van der Waals surface area (Å²) in [6, 6.07) is 5.07. The summed E-state index contributed by atoms with van der Waals surface area (Å²) in [5, 5.41) is 10.8. The highest BCUT2D eigenvalue weighted by molar-refractivity contribution is 5.89. The van der Waals surface area contributed by atoms with Crippen LogP contribution in [-0.2, 0) is 11.3 Å². The van der Waals surface area contributed by atoms with E-state index in [1.807, 2.05) is 25.1 Å². The molecule has 0 bridgehead atoms. The number of fused-ring (bicyclic) bond motifs is 2. The molecule has 1 amide bonds. The molecule has 0 aliphatic carbocycles. The van der Waals surface area contributed by atoms with Gasteiger partial charge < -0.3 is 20.1 Å². The Morgan fingerprint density at radius 2 is 2.06 bits per heavy atom. The monoisotopic (exact) mass is 497 g/mol. The van der Waals surface area contributed by atoms with Crippen LogP contribution in [0, 0.1) is 6.92 Å². The predicted molar refractivity (Wildman–Crippen MR) is 134 cm³/mol. The van der Waals surface area contributed by atoms with Gasteiger partial charge in [0.1, 0.15) is 29.2 Å². The van der Waals surface area contributed by atoms with Crippen LogP contribution in [-0.4, -0.2) is 78.5 Å². The molecular weight excluding hydrogens is 468 g/mol. The number of rotatable bonds is 6. The average Bonchev–Trinajstić information content (AvgIpc) is 3.40. The molecule has 12 heteroatoms. The Bertz CT molecular complexity index is 1440. The third-order valence-corrected chi connectivity index (χ3v) is 6.78. The molecule has 5 rings (SSSR count). The van der Waals surface area contributed by atoms with E-state index < -0.39 is 18.4 Å². The van der Waals surface area contributed by atoms with Gasteiger partial charge in [0, 0.05) is 32.3 Å². The van der Waals surface area contributed by atoms with E-state index >= 15 is 4.39 Å². The summed E-state index contributed by atoms with van der Waals surface area (Å²) >= 11 is 0. The predicted octanol–water partition coefficient (Wildman–Crippen LogP) is 3.22. The number of anilines is 2. The van der Waals surface area contributed by atoms with E-state index in [4.69, 9.17) is 4.98 Å². The molecule has 190 valence electrons. The number of likely N-dealkylation sites (tertiary alicyclic amines) is 1. The third kappa shape index (κ3) is 4.10. The second-order valence-corrected chi connectivity index (χ2v) is 9.30. The minimum absolute atomic E-state index is 0.0153. The molecular formula is C24H29F2N9O. The summed E-state index contributed by atoms with van der Waals surface area (Å²) in [5.41, 5.74) is 1.87. The topological polar surface area (TPSA) is 105 Å². The number of imidazole rings is 1. The molecule has 1 aliphatic heterocycles. The second kappa shape index (κ2) is 8.99. The molecule has 2 atom stereocenters. The standard InChI is InChI=1S/C24H29F2N9O/c1-14-28-18-6-5-17(29-22(18)34(14)12-9-25)16-7-11-35-20(16)21(27-4)31-23(32-35)30-19-8-10-33(15(2)36)13-24(19,3)26/h5-7,11,19H,8-10,12-13H2,1-4H3,(H2,27,30,31,32)/t19-,24+/m1/s1. The number of hydrogen-bond acceptors (Lipinski definition) is 7. The normalized spacial score (nSPS) is 20.3. The Morgan fingerprint density at radius 1 is 1.25 bits per heavy atom. The van der Waals surface area contributed by atoms with Crippen LogP contribution in [0.1, 0.15) is 26.1 Å². The minimum Gasteiger partial charge on any atom is -0.371 e. The van der Waals surface area contributed by atoms with Crippen LogP contribution in [0.15, 0.2) is 24.4 Å². The third-order valence-electron chi connectivity index (χ3n) is 6.78. The van der Waals surface area contributed by atoms with Crippen molar-refractivity contribution >= 4 is 34.4 Å². The fourth-order valence-electron chi connectivity index (χ4n) is 4.88. The summed E-state index contributed by atoms with van der Waals surface area (Å²) in [7, 11) is 1.75. The number of aromatic nitrogens is 6. The number of piperidine rings is 1. The lowest BCUT2D eigenvalue weighted by atomic mass is 9.91. The van der Waals surface area contributed by atoms with Gasteiger partial charge in [0.05, 0.1) is 24.8 Å². The van der Waals surface area contributed by atoms with Crippen molar-refractivity contribution in [2.45, 2.75) is 45.4 Å². The van der Waals surface area contributed by atoms with Crippen molar-refractivity contribution in [1.82, 2.24) is 34.0 Å². The van der Waals surface area contributed by atoms with Crippen molar-refractivity contribution in [3.63, 3.8) is 0 Å². The molecule has 0 saturated carbocycles. The van der Waals surface area contributed by atoms with Crippen molar-refractivity contribution in [1.29, 1.82) is 0 Å². The van der Waals surface area contributed by atoms with E-state index in [2.05, 4.69) is 25.7 Å². The number of pyridine rings is 1. The maximum absolute atomic E-state index is 15.4. The Labute approximate surface area is 206 Å². The van der Waals surface area contributed by atoms with Crippen LogP contribution < -0.4 is 10.6 Å². The molecule has 1 saturated heterocycles. The van der Waals surface area contributed by atoms with Crippen LogP contribution in [0.25, 0.3) is 27.9 Å². The molecule has 10 nitrogen and oxygen atoms in total. The van der Waals surface area contributed by atoms with E-state index in [1.54, 1.807) is 22.3 Å². The van der Waals surface area contributed by atoms with Crippen molar-refractivity contribution in [3.05, 3.63) is 30.2 Å². The molecule has 1 fully saturated rings. The highest BCUT2D eigenvalue weighted by Crippen LogP contribution is 2.32. The number of nitrogens with zero attached hydrogens (tertiary/aromatic N) is 7. The van der Waals surface area contributed by atoms with E-state index in [9.17, 15) is 9.18 Å². The van der Waals surface area contributed by atoms with Gasteiger partial charge in [0.15, 0.2) is 11.5 Å². The van der Waals surface area contributed by atoms with Gasteiger partial charge in [0.2, 0.25) is 11.9 Å². The fourth-order valence-corrected chi connectivity index (χ4v) is 4.88. The van der Waals surface area contributed by atoms with Gasteiger partial charge in [-0.3, -0.25) is 4.79 Å². The average molecular weight is 498 g/mol.